The summed E-state index contributed by atoms with van der Waals surface area (Å²) < 4.78 is 0. The van der Waals surface area contributed by atoms with Crippen LogP contribution in [0.2, 0.25) is 0 Å². The van der Waals surface area contributed by atoms with Gasteiger partial charge in [-0.15, -0.1) is 0 Å². The molecule has 0 fully saturated rings. The van der Waals surface area contributed by atoms with Gasteiger partial charge in [-0.1, -0.05) is 26.0 Å². The summed E-state index contributed by atoms with van der Waals surface area (Å²) in [6, 6.07) is 5.73. The molecule has 19 heavy (non-hydrogen) atoms. The van der Waals surface area contributed by atoms with E-state index >= 15 is 0 Å². The van der Waals surface area contributed by atoms with E-state index in [-0.39, 0.29) is 30.7 Å². The summed E-state index contributed by atoms with van der Waals surface area (Å²) in [6.45, 7) is 4.43. The number of nitrogens with zero attached hydrogens (tertiary/aromatic N) is 1. The molecule has 102 valence electrons. The van der Waals surface area contributed by atoms with E-state index in [0.717, 1.165) is 16.9 Å². The summed E-state index contributed by atoms with van der Waals surface area (Å²) in [5.74, 6) is 0.0310. The van der Waals surface area contributed by atoms with Crippen LogP contribution < -0.4 is 16.0 Å². The molecule has 0 atom stereocenters. The number of carbonyl (C=O) groups excluding carboxylic acids is 2. The van der Waals surface area contributed by atoms with Crippen LogP contribution in [0.1, 0.15) is 31.7 Å². The summed E-state index contributed by atoms with van der Waals surface area (Å²) in [4.78, 5) is 25.3. The molecule has 0 saturated heterocycles. The second kappa shape index (κ2) is 5.40. The molecule has 1 aromatic carbocycles. The standard InChI is InChI=1S/C14H19N3O2/c1-9(2)10-4-3-5-11-14(10)16-12(18)6-7-17(11)13(19)8-15/h3-5,9H,6-8,15H2,1-2H3,(H,16,18). The summed E-state index contributed by atoms with van der Waals surface area (Å²) in [5.41, 5.74) is 7.96. The molecule has 0 aliphatic carbocycles. The first-order chi connectivity index (χ1) is 9.04. The van der Waals surface area contributed by atoms with E-state index in [1.54, 1.807) is 4.90 Å². The minimum Gasteiger partial charge on any atom is -0.324 e. The number of hydrogen-bond donors (Lipinski definition) is 2. The van der Waals surface area contributed by atoms with Crippen LogP contribution in [0.4, 0.5) is 11.4 Å². The third-order valence-electron chi connectivity index (χ3n) is 3.29. The Kier molecular flexibility index (Phi) is 3.85. The van der Waals surface area contributed by atoms with Crippen LogP contribution in [0.25, 0.3) is 0 Å². The molecule has 0 saturated carbocycles. The van der Waals surface area contributed by atoms with Gasteiger partial charge in [0.2, 0.25) is 11.8 Å². The molecule has 1 aliphatic heterocycles. The molecular weight excluding hydrogens is 242 g/mol. The number of anilines is 2. The fourth-order valence-electron chi connectivity index (χ4n) is 2.30. The summed E-state index contributed by atoms with van der Waals surface area (Å²) in [7, 11) is 0. The molecule has 0 unspecified atom stereocenters. The van der Waals surface area contributed by atoms with Crippen molar-refractivity contribution in [2.75, 3.05) is 23.3 Å². The van der Waals surface area contributed by atoms with Crippen molar-refractivity contribution in [3.8, 4) is 0 Å². The smallest absolute Gasteiger partial charge is 0.240 e. The highest BCUT2D eigenvalue weighted by molar-refractivity contribution is 6.05. The predicted molar refractivity (Wildman–Crippen MR) is 75.2 cm³/mol. The Morgan fingerprint density at radius 2 is 2.21 bits per heavy atom. The first kappa shape index (κ1) is 13.5. The van der Waals surface area contributed by atoms with Gasteiger partial charge in [0.15, 0.2) is 0 Å². The highest BCUT2D eigenvalue weighted by Gasteiger charge is 2.25. The van der Waals surface area contributed by atoms with Crippen molar-refractivity contribution in [1.82, 2.24) is 0 Å². The Hall–Kier alpha value is -1.88. The maximum absolute atomic E-state index is 11.9. The molecule has 0 spiro atoms. The molecule has 2 amide bonds. The summed E-state index contributed by atoms with van der Waals surface area (Å²) in [6.07, 6.45) is 0.290. The van der Waals surface area contributed by atoms with E-state index in [1.165, 1.54) is 0 Å². The Morgan fingerprint density at radius 3 is 2.84 bits per heavy atom. The molecule has 2 rings (SSSR count). The molecule has 5 heteroatoms. The molecule has 1 aliphatic rings. The van der Waals surface area contributed by atoms with Crippen molar-refractivity contribution >= 4 is 23.2 Å². The highest BCUT2D eigenvalue weighted by Crippen LogP contribution is 2.35. The van der Waals surface area contributed by atoms with Crippen LogP contribution in [-0.2, 0) is 9.59 Å². The molecule has 1 aromatic rings. The average Bonchev–Trinajstić information content (AvgIpc) is 2.55. The minimum absolute atomic E-state index is 0.0560. The van der Waals surface area contributed by atoms with E-state index in [2.05, 4.69) is 19.2 Å². The summed E-state index contributed by atoms with van der Waals surface area (Å²) >= 11 is 0. The quantitative estimate of drug-likeness (QED) is 0.846. The third kappa shape index (κ3) is 2.61. The number of benzene rings is 1. The third-order valence-corrected chi connectivity index (χ3v) is 3.29. The zero-order chi connectivity index (χ0) is 14.0. The maximum Gasteiger partial charge on any atom is 0.240 e. The first-order valence-electron chi connectivity index (χ1n) is 6.47. The number of nitrogens with two attached hydrogens (primary N) is 1. The molecule has 0 aromatic heterocycles. The lowest BCUT2D eigenvalue weighted by molar-refractivity contribution is -0.117. The van der Waals surface area contributed by atoms with Crippen LogP contribution in [0.15, 0.2) is 18.2 Å². The average molecular weight is 261 g/mol. The molecule has 1 heterocycles. The fourth-order valence-corrected chi connectivity index (χ4v) is 2.30. The van der Waals surface area contributed by atoms with Crippen molar-refractivity contribution in [3.63, 3.8) is 0 Å². The number of rotatable bonds is 2. The normalized spacial score (nSPS) is 14.9. The second-order valence-electron chi connectivity index (χ2n) is 4.94. The summed E-state index contributed by atoms with van der Waals surface area (Å²) in [5, 5.41) is 2.91. The number of nitrogens with one attached hydrogen (secondary N) is 1. The van der Waals surface area contributed by atoms with E-state index < -0.39 is 0 Å². The number of fused-ring (bicyclic) bond motifs is 1. The Labute approximate surface area is 112 Å². The lowest BCUT2D eigenvalue weighted by atomic mass is 9.99. The molecule has 5 nitrogen and oxygen atoms in total. The SMILES string of the molecule is CC(C)c1cccc2c1NC(=O)CCN2C(=O)CN. The number of para-hydroxylation sites is 1. The van der Waals surface area contributed by atoms with E-state index in [4.69, 9.17) is 5.73 Å². The fraction of sp³-hybridized carbons (Fsp3) is 0.429. The van der Waals surface area contributed by atoms with Gasteiger partial charge in [-0.3, -0.25) is 9.59 Å². The first-order valence-corrected chi connectivity index (χ1v) is 6.47. The van der Waals surface area contributed by atoms with Gasteiger partial charge in [0.05, 0.1) is 17.9 Å². The zero-order valence-electron chi connectivity index (χ0n) is 11.3. The van der Waals surface area contributed by atoms with Crippen LogP contribution in [-0.4, -0.2) is 24.9 Å². The van der Waals surface area contributed by atoms with Gasteiger partial charge in [-0.05, 0) is 17.5 Å². The predicted octanol–water partition coefficient (Wildman–Crippen LogP) is 1.44. The molecular formula is C14H19N3O2. The van der Waals surface area contributed by atoms with Gasteiger partial charge in [0.1, 0.15) is 0 Å². The van der Waals surface area contributed by atoms with Crippen molar-refractivity contribution in [2.24, 2.45) is 5.73 Å². The Balaban J connectivity index is 2.55. The van der Waals surface area contributed by atoms with Crippen molar-refractivity contribution in [3.05, 3.63) is 23.8 Å². The van der Waals surface area contributed by atoms with E-state index in [9.17, 15) is 9.59 Å². The van der Waals surface area contributed by atoms with Crippen molar-refractivity contribution in [2.45, 2.75) is 26.2 Å². The topological polar surface area (TPSA) is 75.4 Å². The Morgan fingerprint density at radius 1 is 1.47 bits per heavy atom. The van der Waals surface area contributed by atoms with E-state index in [1.807, 2.05) is 18.2 Å². The van der Waals surface area contributed by atoms with Crippen LogP contribution in [0.3, 0.4) is 0 Å². The van der Waals surface area contributed by atoms with Gasteiger partial charge in [-0.25, -0.2) is 0 Å². The van der Waals surface area contributed by atoms with Crippen molar-refractivity contribution in [1.29, 1.82) is 0 Å². The number of hydrogen-bond acceptors (Lipinski definition) is 3. The van der Waals surface area contributed by atoms with Gasteiger partial charge in [0, 0.05) is 13.0 Å². The van der Waals surface area contributed by atoms with Crippen LogP contribution >= 0.6 is 0 Å². The Bertz CT molecular complexity index is 511. The van der Waals surface area contributed by atoms with Crippen LogP contribution in [0.5, 0.6) is 0 Å². The lowest BCUT2D eigenvalue weighted by Crippen LogP contribution is -2.36. The van der Waals surface area contributed by atoms with Crippen molar-refractivity contribution < 1.29 is 9.59 Å². The number of carbonyl (C=O) groups is 2. The number of amides is 2. The monoisotopic (exact) mass is 261 g/mol. The van der Waals surface area contributed by atoms with Gasteiger partial charge >= 0.3 is 0 Å². The molecule has 3 N–H and O–H groups in total. The largest absolute Gasteiger partial charge is 0.324 e. The second-order valence-corrected chi connectivity index (χ2v) is 4.94. The van der Waals surface area contributed by atoms with Gasteiger partial charge < -0.3 is 16.0 Å². The lowest BCUT2D eigenvalue weighted by Gasteiger charge is -2.23. The van der Waals surface area contributed by atoms with Crippen LogP contribution in [0, 0.1) is 0 Å². The van der Waals surface area contributed by atoms with E-state index in [0.29, 0.717) is 6.54 Å². The minimum atomic E-state index is -0.168. The maximum atomic E-state index is 11.9. The zero-order valence-corrected chi connectivity index (χ0v) is 11.3. The van der Waals surface area contributed by atoms with Gasteiger partial charge in [0.25, 0.3) is 0 Å². The molecule has 0 bridgehead atoms. The highest BCUT2D eigenvalue weighted by atomic mass is 16.2. The molecule has 0 radical (unpaired) electrons. The van der Waals surface area contributed by atoms with Gasteiger partial charge in [-0.2, -0.15) is 0 Å².